The molecule has 0 amide bonds. The lowest BCUT2D eigenvalue weighted by atomic mass is 10.3. The summed E-state index contributed by atoms with van der Waals surface area (Å²) < 4.78 is 18.2. The molecule has 0 bridgehead atoms. The Balaban J connectivity index is 1.66. The van der Waals surface area contributed by atoms with E-state index in [9.17, 15) is 9.18 Å². The van der Waals surface area contributed by atoms with Gasteiger partial charge in [0.1, 0.15) is 11.6 Å². The van der Waals surface area contributed by atoms with Crippen LogP contribution in [0.5, 0.6) is 5.75 Å². The van der Waals surface area contributed by atoms with Crippen molar-refractivity contribution in [2.45, 2.75) is 19.3 Å². The van der Waals surface area contributed by atoms with E-state index < -0.39 is 5.97 Å². The highest BCUT2D eigenvalue weighted by Gasteiger charge is 2.24. The molecule has 1 saturated carbocycles. The van der Waals surface area contributed by atoms with Crippen molar-refractivity contribution in [3.8, 4) is 5.75 Å². The fourth-order valence-corrected chi connectivity index (χ4v) is 2.10. The summed E-state index contributed by atoms with van der Waals surface area (Å²) in [7, 11) is 0. The maximum Gasteiger partial charge on any atom is 0.317 e. The summed E-state index contributed by atoms with van der Waals surface area (Å²) in [5.41, 5.74) is 0. The van der Waals surface area contributed by atoms with Crippen molar-refractivity contribution < 1.29 is 19.0 Å². The zero-order valence-corrected chi connectivity index (χ0v) is 11.4. The van der Waals surface area contributed by atoms with E-state index in [4.69, 9.17) is 9.84 Å². The molecule has 1 fully saturated rings. The molecule has 5 heteroatoms. The molecule has 0 heterocycles. The van der Waals surface area contributed by atoms with E-state index in [0.717, 1.165) is 13.0 Å². The normalized spacial score (nSPS) is 14.5. The zero-order chi connectivity index (χ0) is 14.4. The minimum absolute atomic E-state index is 0.0903. The van der Waals surface area contributed by atoms with Crippen LogP contribution in [0.1, 0.15) is 19.3 Å². The van der Waals surface area contributed by atoms with Crippen LogP contribution in [0.4, 0.5) is 4.39 Å². The third kappa shape index (κ3) is 5.57. The quantitative estimate of drug-likeness (QED) is 0.706. The number of halogens is 1. The van der Waals surface area contributed by atoms with Gasteiger partial charge in [0.05, 0.1) is 13.2 Å². The molecule has 4 nitrogen and oxygen atoms in total. The third-order valence-corrected chi connectivity index (χ3v) is 3.27. The average Bonchev–Trinajstić information content (AvgIpc) is 3.20. The first kappa shape index (κ1) is 14.8. The fraction of sp³-hybridized carbons (Fsp3) is 0.533. The summed E-state index contributed by atoms with van der Waals surface area (Å²) in [6.07, 6.45) is 3.18. The lowest BCUT2D eigenvalue weighted by molar-refractivity contribution is -0.138. The van der Waals surface area contributed by atoms with Crippen LogP contribution in [-0.4, -0.2) is 42.2 Å². The van der Waals surface area contributed by atoms with Crippen molar-refractivity contribution in [1.82, 2.24) is 4.90 Å². The van der Waals surface area contributed by atoms with Gasteiger partial charge in [-0.15, -0.1) is 0 Å². The first-order valence-electron chi connectivity index (χ1n) is 6.96. The third-order valence-electron chi connectivity index (χ3n) is 3.27. The van der Waals surface area contributed by atoms with Gasteiger partial charge in [-0.3, -0.25) is 9.69 Å². The molecule has 1 aromatic rings. The van der Waals surface area contributed by atoms with Gasteiger partial charge in [-0.2, -0.15) is 0 Å². The summed E-state index contributed by atoms with van der Waals surface area (Å²) >= 11 is 0. The molecular weight excluding hydrogens is 261 g/mol. The summed E-state index contributed by atoms with van der Waals surface area (Å²) in [5, 5.41) is 8.87. The molecule has 20 heavy (non-hydrogen) atoms. The van der Waals surface area contributed by atoms with E-state index >= 15 is 0 Å². The Morgan fingerprint density at radius 2 is 2.05 bits per heavy atom. The van der Waals surface area contributed by atoms with Gasteiger partial charge in [0.25, 0.3) is 0 Å². The van der Waals surface area contributed by atoms with Gasteiger partial charge >= 0.3 is 5.97 Å². The van der Waals surface area contributed by atoms with Crippen LogP contribution in [0, 0.1) is 11.7 Å². The summed E-state index contributed by atoms with van der Waals surface area (Å²) in [5.74, 6) is 0.241. The molecule has 0 aliphatic heterocycles. The Morgan fingerprint density at radius 3 is 2.65 bits per heavy atom. The second-order valence-corrected chi connectivity index (χ2v) is 5.23. The molecule has 1 aromatic carbocycles. The first-order valence-corrected chi connectivity index (χ1v) is 6.96. The number of hydrogen-bond acceptors (Lipinski definition) is 3. The Labute approximate surface area is 118 Å². The van der Waals surface area contributed by atoms with Crippen LogP contribution < -0.4 is 4.74 Å². The van der Waals surface area contributed by atoms with Gasteiger partial charge in [-0.1, -0.05) is 0 Å². The lowest BCUT2D eigenvalue weighted by Gasteiger charge is -2.19. The summed E-state index contributed by atoms with van der Waals surface area (Å²) in [6, 6.07) is 5.90. The van der Waals surface area contributed by atoms with Crippen LogP contribution in [0.15, 0.2) is 24.3 Å². The van der Waals surface area contributed by atoms with E-state index in [2.05, 4.69) is 0 Å². The van der Waals surface area contributed by atoms with Crippen molar-refractivity contribution in [3.63, 3.8) is 0 Å². The SMILES string of the molecule is O=C(O)CN(CCCOc1ccc(F)cc1)CC1CC1. The van der Waals surface area contributed by atoms with Gasteiger partial charge in [-0.25, -0.2) is 4.39 Å². The van der Waals surface area contributed by atoms with Crippen molar-refractivity contribution in [2.24, 2.45) is 5.92 Å². The smallest absolute Gasteiger partial charge is 0.317 e. The van der Waals surface area contributed by atoms with Crippen molar-refractivity contribution in [2.75, 3.05) is 26.2 Å². The van der Waals surface area contributed by atoms with Gasteiger partial charge in [-0.05, 0) is 49.4 Å². The molecule has 1 aliphatic rings. The molecule has 110 valence electrons. The molecule has 0 unspecified atom stereocenters. The molecule has 0 aromatic heterocycles. The van der Waals surface area contributed by atoms with Crippen LogP contribution in [0.25, 0.3) is 0 Å². The Hall–Kier alpha value is -1.62. The van der Waals surface area contributed by atoms with E-state index in [1.54, 1.807) is 12.1 Å². The molecule has 2 rings (SSSR count). The highest BCUT2D eigenvalue weighted by molar-refractivity contribution is 5.69. The van der Waals surface area contributed by atoms with E-state index in [1.807, 2.05) is 4.90 Å². The predicted molar refractivity (Wildman–Crippen MR) is 73.3 cm³/mol. The standard InChI is InChI=1S/C15H20FNO3/c16-13-4-6-14(7-5-13)20-9-1-8-17(11-15(18)19)10-12-2-3-12/h4-7,12H,1-3,8-11H2,(H,18,19). The van der Waals surface area contributed by atoms with Crippen molar-refractivity contribution >= 4 is 5.97 Å². The van der Waals surface area contributed by atoms with Crippen LogP contribution in [0.2, 0.25) is 0 Å². The number of rotatable bonds is 9. The first-order chi connectivity index (χ1) is 9.63. The summed E-state index contributed by atoms with van der Waals surface area (Å²) in [6.45, 7) is 2.17. The predicted octanol–water partition coefficient (Wildman–Crippen LogP) is 2.39. The highest BCUT2D eigenvalue weighted by atomic mass is 19.1. The van der Waals surface area contributed by atoms with E-state index in [1.165, 1.54) is 25.0 Å². The highest BCUT2D eigenvalue weighted by Crippen LogP contribution is 2.29. The van der Waals surface area contributed by atoms with Gasteiger partial charge < -0.3 is 9.84 Å². The van der Waals surface area contributed by atoms with Gasteiger partial charge in [0.15, 0.2) is 0 Å². The molecular formula is C15H20FNO3. The van der Waals surface area contributed by atoms with E-state index in [0.29, 0.717) is 24.8 Å². The fourth-order valence-electron chi connectivity index (χ4n) is 2.10. The second-order valence-electron chi connectivity index (χ2n) is 5.23. The molecule has 0 radical (unpaired) electrons. The van der Waals surface area contributed by atoms with Crippen LogP contribution in [0.3, 0.4) is 0 Å². The minimum Gasteiger partial charge on any atom is -0.494 e. The monoisotopic (exact) mass is 281 g/mol. The van der Waals surface area contributed by atoms with Crippen molar-refractivity contribution in [3.05, 3.63) is 30.1 Å². The number of ether oxygens (including phenoxy) is 1. The number of benzene rings is 1. The van der Waals surface area contributed by atoms with Gasteiger partial charge in [0.2, 0.25) is 0 Å². The Bertz CT molecular complexity index is 431. The Kier molecular flexibility index (Phi) is 5.35. The molecule has 1 N–H and O–H groups in total. The number of hydrogen-bond donors (Lipinski definition) is 1. The number of carboxylic acid groups (broad SMARTS) is 1. The molecule has 0 atom stereocenters. The zero-order valence-electron chi connectivity index (χ0n) is 11.4. The van der Waals surface area contributed by atoms with Crippen molar-refractivity contribution in [1.29, 1.82) is 0 Å². The number of aliphatic carboxylic acids is 1. The number of carboxylic acids is 1. The average molecular weight is 281 g/mol. The maximum absolute atomic E-state index is 12.7. The maximum atomic E-state index is 12.7. The number of carbonyl (C=O) groups is 1. The van der Waals surface area contributed by atoms with Crippen LogP contribution in [-0.2, 0) is 4.79 Å². The molecule has 1 aliphatic carbocycles. The van der Waals surface area contributed by atoms with Gasteiger partial charge in [0, 0.05) is 13.1 Å². The minimum atomic E-state index is -0.787. The number of nitrogens with zero attached hydrogens (tertiary/aromatic N) is 1. The topological polar surface area (TPSA) is 49.8 Å². The summed E-state index contributed by atoms with van der Waals surface area (Å²) in [4.78, 5) is 12.8. The van der Waals surface area contributed by atoms with Crippen LogP contribution >= 0.6 is 0 Å². The lowest BCUT2D eigenvalue weighted by Crippen LogP contribution is -2.33. The molecule has 0 spiro atoms. The Morgan fingerprint density at radius 1 is 1.35 bits per heavy atom. The largest absolute Gasteiger partial charge is 0.494 e. The molecule has 0 saturated heterocycles. The van der Waals surface area contributed by atoms with E-state index in [-0.39, 0.29) is 12.4 Å². The second kappa shape index (κ2) is 7.24.